The van der Waals surface area contributed by atoms with Crippen LogP contribution in [0.2, 0.25) is 0 Å². The average Bonchev–Trinajstić information content (AvgIpc) is 2.79. The molecule has 18 N–H and O–H groups in total. The normalized spacial score (nSPS) is 26.5. The summed E-state index contributed by atoms with van der Waals surface area (Å²) in [5.41, 5.74) is 6.37. The summed E-state index contributed by atoms with van der Waals surface area (Å²) in [6.07, 6.45) is -3.81. The smallest absolute Gasteiger partial charge is 0.326 e. The molecule has 3 rings (SSSR count). The number of amides is 11. The van der Waals surface area contributed by atoms with Crippen molar-refractivity contribution in [3.8, 4) is 5.75 Å². The largest absolute Gasteiger partial charge is 0.508 e. The summed E-state index contributed by atoms with van der Waals surface area (Å²) in [6.45, 7) is 4.12. The highest BCUT2D eigenvalue weighted by Gasteiger charge is 2.41. The summed E-state index contributed by atoms with van der Waals surface area (Å²) in [5, 5.41) is 82.7. The van der Waals surface area contributed by atoms with Gasteiger partial charge in [0.25, 0.3) is 0 Å². The summed E-state index contributed by atoms with van der Waals surface area (Å²) in [4.78, 5) is 200. The van der Waals surface area contributed by atoms with Crippen LogP contribution in [0.25, 0.3) is 0 Å². The Bertz CT molecular complexity index is 2680. The fourth-order valence-corrected chi connectivity index (χ4v) is 9.17. The molecule has 0 aliphatic carbocycles. The predicted molar refractivity (Wildman–Crippen MR) is 299 cm³/mol. The molecule has 33 nitrogen and oxygen atoms in total. The number of nitrogens with zero attached hydrogens (tertiary/aromatic N) is 1. The summed E-state index contributed by atoms with van der Waals surface area (Å²) in [5.74, 6) is -19.9. The number of rotatable bonds is 14. The molecular formula is C54H80N12O21. The first kappa shape index (κ1) is 72.2. The van der Waals surface area contributed by atoms with Crippen LogP contribution in [0.3, 0.4) is 0 Å². The molecule has 11 amide bonds. The number of nitrogens with one attached hydrogen (secondary N) is 10. The van der Waals surface area contributed by atoms with Crippen LogP contribution in [0.5, 0.6) is 5.75 Å². The topological polar surface area (TPSA) is 527 Å². The molecule has 0 unspecified atom stereocenters. The van der Waals surface area contributed by atoms with Gasteiger partial charge >= 0.3 is 23.9 Å². The molecule has 1 aromatic rings. The van der Waals surface area contributed by atoms with Crippen LogP contribution in [0, 0.1) is 11.8 Å². The van der Waals surface area contributed by atoms with E-state index in [0.717, 1.165) is 4.90 Å². The number of carboxylic acids is 4. The molecule has 482 valence electrons. The van der Waals surface area contributed by atoms with Crippen LogP contribution in [-0.2, 0) is 78.3 Å². The van der Waals surface area contributed by atoms with Crippen LogP contribution in [0.15, 0.2) is 24.3 Å². The number of aromatic hydroxyl groups is 1. The number of phenolic OH excluding ortho intramolecular Hbond substituents is 1. The molecule has 0 spiro atoms. The molecule has 0 saturated carbocycles. The Morgan fingerprint density at radius 1 is 0.552 bits per heavy atom. The lowest BCUT2D eigenvalue weighted by molar-refractivity contribution is -0.146. The van der Waals surface area contributed by atoms with E-state index < -0.39 is 194 Å². The van der Waals surface area contributed by atoms with E-state index in [-0.39, 0.29) is 83.0 Å². The summed E-state index contributed by atoms with van der Waals surface area (Å²) in [6, 6.07) is -11.5. The molecule has 0 aromatic heterocycles. The lowest BCUT2D eigenvalue weighted by atomic mass is 9.96. The highest BCUT2D eigenvalue weighted by atomic mass is 16.4. The minimum Gasteiger partial charge on any atom is -0.508 e. The van der Waals surface area contributed by atoms with Crippen molar-refractivity contribution in [2.75, 3.05) is 26.2 Å². The molecular weight excluding hydrogens is 1150 g/mol. The molecule has 2 aliphatic heterocycles. The van der Waals surface area contributed by atoms with Crippen LogP contribution in [0.4, 0.5) is 0 Å². The number of fused-ring (bicyclic) bond motifs is 1. The second-order valence-corrected chi connectivity index (χ2v) is 21.3. The number of aliphatic carboxylic acids is 4. The van der Waals surface area contributed by atoms with Crippen LogP contribution >= 0.6 is 0 Å². The third-order valence-electron chi connectivity index (χ3n) is 14.6. The zero-order valence-electron chi connectivity index (χ0n) is 48.6. The zero-order valence-corrected chi connectivity index (χ0v) is 48.6. The van der Waals surface area contributed by atoms with Crippen molar-refractivity contribution in [2.24, 2.45) is 17.6 Å². The lowest BCUT2D eigenvalue weighted by Crippen LogP contribution is -2.61. The van der Waals surface area contributed by atoms with Gasteiger partial charge in [0.05, 0.1) is 38.5 Å². The van der Waals surface area contributed by atoms with Gasteiger partial charge in [-0.05, 0) is 68.1 Å². The molecule has 0 bridgehead atoms. The Balaban J connectivity index is 2.04. The number of aliphatic hydroxyl groups is 1. The Hall–Kier alpha value is -9.01. The molecule has 12 atom stereocenters. The molecule has 1 aromatic carbocycles. The number of aliphatic hydroxyl groups excluding tert-OH is 1. The van der Waals surface area contributed by atoms with E-state index >= 15 is 0 Å². The number of hydrogen-bond donors (Lipinski definition) is 17. The summed E-state index contributed by atoms with van der Waals surface area (Å²) in [7, 11) is 0. The number of hydrogen-bond acceptors (Lipinski definition) is 18. The summed E-state index contributed by atoms with van der Waals surface area (Å²) >= 11 is 0. The Morgan fingerprint density at radius 2 is 1.05 bits per heavy atom. The van der Waals surface area contributed by atoms with Gasteiger partial charge in [-0.2, -0.15) is 0 Å². The number of nitrogens with two attached hydrogens (primary N) is 1. The Labute approximate surface area is 499 Å². The quantitative estimate of drug-likeness (QED) is 0.0829. The van der Waals surface area contributed by atoms with Gasteiger partial charge in [0, 0.05) is 25.9 Å². The van der Waals surface area contributed by atoms with Crippen molar-refractivity contribution < 1.29 is 103 Å². The van der Waals surface area contributed by atoms with Gasteiger partial charge < -0.3 is 94.4 Å². The van der Waals surface area contributed by atoms with E-state index in [1.54, 1.807) is 20.8 Å². The van der Waals surface area contributed by atoms with Gasteiger partial charge in [-0.1, -0.05) is 52.7 Å². The Kier molecular flexibility index (Phi) is 29.4. The molecule has 87 heavy (non-hydrogen) atoms. The van der Waals surface area contributed by atoms with Crippen LogP contribution in [0.1, 0.15) is 110 Å². The number of benzene rings is 1. The maximum absolute atomic E-state index is 14.3. The highest BCUT2D eigenvalue weighted by Crippen LogP contribution is 2.21. The number of carbonyl (C=O) groups is 15. The Morgan fingerprint density at radius 3 is 1.60 bits per heavy atom. The molecule has 0 radical (unpaired) electrons. The van der Waals surface area contributed by atoms with Gasteiger partial charge in [0.2, 0.25) is 65.0 Å². The van der Waals surface area contributed by atoms with Crippen LogP contribution < -0.4 is 58.9 Å². The number of phenols is 1. The third kappa shape index (κ3) is 23.8. The average molecular weight is 1230 g/mol. The molecule has 33 heteroatoms. The van der Waals surface area contributed by atoms with E-state index in [9.17, 15) is 103 Å². The lowest BCUT2D eigenvalue weighted by Gasteiger charge is -2.30. The fourth-order valence-electron chi connectivity index (χ4n) is 9.17. The van der Waals surface area contributed by atoms with Gasteiger partial charge in [0.15, 0.2) is 0 Å². The van der Waals surface area contributed by atoms with Gasteiger partial charge in [-0.15, -0.1) is 0 Å². The fraction of sp³-hybridized carbons (Fsp3) is 0.611. The van der Waals surface area contributed by atoms with Crippen molar-refractivity contribution in [3.05, 3.63) is 29.8 Å². The third-order valence-corrected chi connectivity index (χ3v) is 14.6. The minimum absolute atomic E-state index is 0.0135. The van der Waals surface area contributed by atoms with Crippen molar-refractivity contribution in [1.82, 2.24) is 58.1 Å². The monoisotopic (exact) mass is 1230 g/mol. The second kappa shape index (κ2) is 35.4. The van der Waals surface area contributed by atoms with Crippen molar-refractivity contribution >= 4 is 88.9 Å². The zero-order chi connectivity index (χ0) is 65.2. The predicted octanol–water partition coefficient (Wildman–Crippen LogP) is -5.08. The first-order chi connectivity index (χ1) is 41.0. The first-order valence-corrected chi connectivity index (χ1v) is 28.3. The van der Waals surface area contributed by atoms with E-state index in [2.05, 4.69) is 53.2 Å². The SMILES string of the molecule is CC[C@H](C)[C@@H]1NC(=O)[C@H](CC(=O)O)NC(=O)[C@H](CC(=O)O)NC(=O)CNC(=O)[C@@H]2CCCN2C(=O)[C@H](CC(=O)O)NC(=O)[C@H](Cc2ccc(O)cc2)NC(=O)[C@H]([C@@H](C)CC)NC(=O)[C@H](CO)NC(=O)[C@@H](N)CCC(=O)NCCCC[C@@H](C(=O)O)NC1=O. The standard InChI is InChI=1S/C54H80N12O21/c1-5-26(3)43-51(83)59-31(54(86)87)10-7-8-18-56-38(69)17-16-30(55)45(77)63-36(25-67)49(81)65-44(27(4)6-2)52(84)61-32(20-28-12-14-29(68)15-13-28)46(78)62-35(23-42(75)76)53(85)66-19-9-11-37(66)50(82)57-24-39(70)58-33(21-40(71)72)47(79)60-34(22-41(73)74)48(80)64-43/h12-15,26-27,30-37,43-44,67-68H,5-11,16-25,55H2,1-4H3,(H,56,69)(H,57,82)(H,58,70)(H,59,83)(H,60,79)(H,61,84)(H,62,78)(H,63,77)(H,64,80)(H,65,81)(H,71,72)(H,73,74)(H,75,76)(H,86,87)/t26-,27-,30-,31-,32-,33-,34-,35-,36-,37-,43-,44-/m0/s1. The van der Waals surface area contributed by atoms with Crippen LogP contribution in [-0.4, -0.2) is 211 Å². The van der Waals surface area contributed by atoms with Gasteiger partial charge in [-0.25, -0.2) is 4.79 Å². The van der Waals surface area contributed by atoms with E-state index in [4.69, 9.17) is 5.73 Å². The molecule has 2 aliphatic rings. The minimum atomic E-state index is -2.04. The van der Waals surface area contributed by atoms with Crippen molar-refractivity contribution in [1.29, 1.82) is 0 Å². The van der Waals surface area contributed by atoms with E-state index in [0.29, 0.717) is 5.56 Å². The van der Waals surface area contributed by atoms with Gasteiger partial charge in [-0.3, -0.25) is 67.1 Å². The molecule has 2 saturated heterocycles. The van der Waals surface area contributed by atoms with Gasteiger partial charge in [0.1, 0.15) is 60.1 Å². The maximum atomic E-state index is 14.3. The summed E-state index contributed by atoms with van der Waals surface area (Å²) < 4.78 is 0. The van der Waals surface area contributed by atoms with Crippen molar-refractivity contribution in [2.45, 2.75) is 172 Å². The molecule has 2 heterocycles. The van der Waals surface area contributed by atoms with Crippen molar-refractivity contribution in [3.63, 3.8) is 0 Å². The molecule has 2 fully saturated rings. The second-order valence-electron chi connectivity index (χ2n) is 21.3. The maximum Gasteiger partial charge on any atom is 0.326 e. The number of carbonyl (C=O) groups excluding carboxylic acids is 11. The first-order valence-electron chi connectivity index (χ1n) is 28.3. The van der Waals surface area contributed by atoms with E-state index in [1.807, 2.05) is 0 Å². The van der Waals surface area contributed by atoms with E-state index in [1.165, 1.54) is 31.2 Å². The highest BCUT2D eigenvalue weighted by molar-refractivity contribution is 6.00. The number of carboxylic acid groups (broad SMARTS) is 4.